The molecule has 6 heteroatoms. The number of amides is 1. The van der Waals surface area contributed by atoms with E-state index in [0.717, 1.165) is 37.6 Å². The van der Waals surface area contributed by atoms with E-state index in [4.69, 9.17) is 0 Å². The van der Waals surface area contributed by atoms with Gasteiger partial charge in [-0.05, 0) is 43.4 Å². The van der Waals surface area contributed by atoms with Crippen LogP contribution in [0.1, 0.15) is 5.69 Å². The first-order valence-corrected chi connectivity index (χ1v) is 8.65. The minimum Gasteiger partial charge on any atom is -0.369 e. The molecule has 2 aromatic rings. The van der Waals surface area contributed by atoms with Crippen molar-refractivity contribution < 1.29 is 4.79 Å². The van der Waals surface area contributed by atoms with Gasteiger partial charge < -0.3 is 20.4 Å². The van der Waals surface area contributed by atoms with Crippen molar-refractivity contribution in [2.75, 3.05) is 50.0 Å². The molecule has 1 aromatic heterocycles. The van der Waals surface area contributed by atoms with E-state index in [1.807, 2.05) is 30.3 Å². The first kappa shape index (κ1) is 17.4. The first-order valence-electron chi connectivity index (χ1n) is 8.65. The number of pyridine rings is 1. The number of hydrogen-bond donors (Lipinski definition) is 2. The summed E-state index contributed by atoms with van der Waals surface area (Å²) in [6, 6.07) is 13.8. The van der Waals surface area contributed by atoms with Crippen molar-refractivity contribution in [2.24, 2.45) is 0 Å². The van der Waals surface area contributed by atoms with E-state index in [0.29, 0.717) is 6.54 Å². The van der Waals surface area contributed by atoms with Crippen molar-refractivity contribution in [1.82, 2.24) is 15.2 Å². The fourth-order valence-electron chi connectivity index (χ4n) is 2.83. The Morgan fingerprint density at radius 2 is 1.84 bits per heavy atom. The Labute approximate surface area is 148 Å². The summed E-state index contributed by atoms with van der Waals surface area (Å²) < 4.78 is 0. The second-order valence-electron chi connectivity index (χ2n) is 6.31. The third-order valence-corrected chi connectivity index (χ3v) is 4.34. The average molecular weight is 339 g/mol. The maximum Gasteiger partial charge on any atom is 0.238 e. The topological polar surface area (TPSA) is 60.5 Å². The lowest BCUT2D eigenvalue weighted by Crippen LogP contribution is -2.44. The highest BCUT2D eigenvalue weighted by molar-refractivity contribution is 5.92. The van der Waals surface area contributed by atoms with Crippen LogP contribution in [0.2, 0.25) is 0 Å². The second-order valence-corrected chi connectivity index (χ2v) is 6.31. The Morgan fingerprint density at radius 1 is 1.08 bits per heavy atom. The summed E-state index contributed by atoms with van der Waals surface area (Å²) in [5.74, 6) is -0.0525. The third-order valence-electron chi connectivity index (χ3n) is 4.34. The van der Waals surface area contributed by atoms with Gasteiger partial charge in [-0.2, -0.15) is 0 Å². The number of nitrogens with zero attached hydrogens (tertiary/aromatic N) is 3. The van der Waals surface area contributed by atoms with Gasteiger partial charge in [-0.25, -0.2) is 0 Å². The number of aromatic nitrogens is 1. The van der Waals surface area contributed by atoms with E-state index in [-0.39, 0.29) is 12.5 Å². The highest BCUT2D eigenvalue weighted by Crippen LogP contribution is 2.19. The molecule has 1 aliphatic rings. The molecule has 0 unspecified atom stereocenters. The molecule has 1 aliphatic heterocycles. The number of piperazine rings is 1. The molecule has 25 heavy (non-hydrogen) atoms. The lowest BCUT2D eigenvalue weighted by atomic mass is 10.2. The minimum atomic E-state index is -0.0525. The number of anilines is 2. The molecule has 2 heterocycles. The van der Waals surface area contributed by atoms with Crippen LogP contribution < -0.4 is 15.5 Å². The summed E-state index contributed by atoms with van der Waals surface area (Å²) in [5, 5.41) is 6.02. The number of nitrogens with one attached hydrogen (secondary N) is 2. The molecule has 3 rings (SSSR count). The summed E-state index contributed by atoms with van der Waals surface area (Å²) >= 11 is 0. The summed E-state index contributed by atoms with van der Waals surface area (Å²) in [6.45, 7) is 5.09. The van der Waals surface area contributed by atoms with Crippen LogP contribution in [0, 0.1) is 0 Å². The highest BCUT2D eigenvalue weighted by Gasteiger charge is 2.14. The van der Waals surface area contributed by atoms with Crippen molar-refractivity contribution in [3.8, 4) is 0 Å². The van der Waals surface area contributed by atoms with Gasteiger partial charge in [-0.1, -0.05) is 6.07 Å². The predicted molar refractivity (Wildman–Crippen MR) is 101 cm³/mol. The lowest BCUT2D eigenvalue weighted by molar-refractivity contribution is -0.115. The van der Waals surface area contributed by atoms with Gasteiger partial charge in [0.15, 0.2) is 0 Å². The molecule has 2 N–H and O–H groups in total. The molecule has 0 spiro atoms. The molecule has 6 nitrogen and oxygen atoms in total. The smallest absolute Gasteiger partial charge is 0.238 e. The summed E-state index contributed by atoms with van der Waals surface area (Å²) in [6.07, 6.45) is 1.75. The quantitative estimate of drug-likeness (QED) is 0.836. The van der Waals surface area contributed by atoms with E-state index in [1.165, 1.54) is 5.69 Å². The Morgan fingerprint density at radius 3 is 2.52 bits per heavy atom. The first-order chi connectivity index (χ1) is 12.2. The van der Waals surface area contributed by atoms with Gasteiger partial charge >= 0.3 is 0 Å². The largest absolute Gasteiger partial charge is 0.369 e. The summed E-state index contributed by atoms with van der Waals surface area (Å²) in [4.78, 5) is 20.9. The van der Waals surface area contributed by atoms with Crippen molar-refractivity contribution in [3.05, 3.63) is 54.4 Å². The molecule has 0 radical (unpaired) electrons. The zero-order valence-corrected chi connectivity index (χ0v) is 14.6. The van der Waals surface area contributed by atoms with Crippen LogP contribution in [-0.2, 0) is 11.3 Å². The summed E-state index contributed by atoms with van der Waals surface area (Å²) in [5.41, 5.74) is 2.95. The van der Waals surface area contributed by atoms with E-state index < -0.39 is 0 Å². The SMILES string of the molecule is CN1CCN(c2ccc(NC(=O)CNCc3ccccn3)cc2)CC1. The number of carbonyl (C=O) groups is 1. The molecule has 1 amide bonds. The van der Waals surface area contributed by atoms with Crippen LogP contribution in [0.25, 0.3) is 0 Å². The van der Waals surface area contributed by atoms with Crippen LogP contribution in [-0.4, -0.2) is 55.6 Å². The van der Waals surface area contributed by atoms with Gasteiger partial charge in [-0.3, -0.25) is 9.78 Å². The molecule has 1 saturated heterocycles. The molecule has 0 bridgehead atoms. The lowest BCUT2D eigenvalue weighted by Gasteiger charge is -2.34. The normalized spacial score (nSPS) is 15.2. The van der Waals surface area contributed by atoms with Crippen molar-refractivity contribution in [3.63, 3.8) is 0 Å². The Balaban J connectivity index is 1.44. The predicted octanol–water partition coefficient (Wildman–Crippen LogP) is 1.56. The Kier molecular flexibility index (Phi) is 5.98. The number of hydrogen-bond acceptors (Lipinski definition) is 5. The van der Waals surface area contributed by atoms with E-state index >= 15 is 0 Å². The van der Waals surface area contributed by atoms with Crippen LogP contribution in [0.3, 0.4) is 0 Å². The molecule has 132 valence electrons. The number of benzene rings is 1. The Hall–Kier alpha value is -2.44. The monoisotopic (exact) mass is 339 g/mol. The highest BCUT2D eigenvalue weighted by atomic mass is 16.1. The fraction of sp³-hybridized carbons (Fsp3) is 0.368. The number of carbonyl (C=O) groups excluding carboxylic acids is 1. The van der Waals surface area contributed by atoms with Gasteiger partial charge in [0, 0.05) is 50.3 Å². The number of rotatable bonds is 6. The number of likely N-dealkylation sites (N-methyl/N-ethyl adjacent to an activating group) is 1. The molecular weight excluding hydrogens is 314 g/mol. The average Bonchev–Trinajstić information content (AvgIpc) is 2.64. The molecule has 1 aromatic carbocycles. The van der Waals surface area contributed by atoms with Crippen LogP contribution in [0.15, 0.2) is 48.7 Å². The molecule has 0 aliphatic carbocycles. The molecular formula is C19H25N5O. The Bertz CT molecular complexity index is 666. The van der Waals surface area contributed by atoms with E-state index in [1.54, 1.807) is 6.20 Å². The third kappa shape index (κ3) is 5.27. The zero-order chi connectivity index (χ0) is 17.5. The maximum absolute atomic E-state index is 12.0. The molecule has 0 atom stereocenters. The van der Waals surface area contributed by atoms with Gasteiger partial charge in [0.05, 0.1) is 12.2 Å². The van der Waals surface area contributed by atoms with Crippen molar-refractivity contribution >= 4 is 17.3 Å². The zero-order valence-electron chi connectivity index (χ0n) is 14.6. The molecule has 1 fully saturated rings. The van der Waals surface area contributed by atoms with Gasteiger partial charge in [0.25, 0.3) is 0 Å². The minimum absolute atomic E-state index is 0.0525. The van der Waals surface area contributed by atoms with Gasteiger partial charge in [-0.15, -0.1) is 0 Å². The van der Waals surface area contributed by atoms with Crippen LogP contribution in [0.5, 0.6) is 0 Å². The fourth-order valence-corrected chi connectivity index (χ4v) is 2.83. The van der Waals surface area contributed by atoms with Crippen molar-refractivity contribution in [1.29, 1.82) is 0 Å². The van der Waals surface area contributed by atoms with Gasteiger partial charge in [0.2, 0.25) is 5.91 Å². The van der Waals surface area contributed by atoms with Crippen LogP contribution in [0.4, 0.5) is 11.4 Å². The standard InChI is InChI=1S/C19H25N5O/c1-23-10-12-24(13-11-23)18-7-5-16(6-8-18)22-19(25)15-20-14-17-4-2-3-9-21-17/h2-9,20H,10-15H2,1H3,(H,22,25). The maximum atomic E-state index is 12.0. The van der Waals surface area contributed by atoms with Crippen molar-refractivity contribution in [2.45, 2.75) is 6.54 Å². The second kappa shape index (κ2) is 8.60. The van der Waals surface area contributed by atoms with E-state index in [2.05, 4.69) is 44.6 Å². The van der Waals surface area contributed by atoms with Gasteiger partial charge in [0.1, 0.15) is 0 Å². The van der Waals surface area contributed by atoms with E-state index in [9.17, 15) is 4.79 Å². The van der Waals surface area contributed by atoms with Crippen LogP contribution >= 0.6 is 0 Å². The molecule has 0 saturated carbocycles. The summed E-state index contributed by atoms with van der Waals surface area (Å²) in [7, 11) is 2.15.